The van der Waals surface area contributed by atoms with E-state index in [1.54, 1.807) is 12.1 Å². The molecular weight excluding hydrogens is 454 g/mol. The second-order valence-electron chi connectivity index (χ2n) is 9.19. The molecule has 2 aromatic heterocycles. The first-order valence-corrected chi connectivity index (χ1v) is 11.9. The van der Waals surface area contributed by atoms with Crippen molar-refractivity contribution in [1.29, 1.82) is 0 Å². The Labute approximate surface area is 202 Å². The first-order valence-electron chi connectivity index (χ1n) is 11.9. The molecule has 5 rings (SSSR count). The molecule has 0 saturated carbocycles. The number of hydrogen-bond donors (Lipinski definition) is 1. The van der Waals surface area contributed by atoms with Crippen molar-refractivity contribution < 1.29 is 18.3 Å². The van der Waals surface area contributed by atoms with E-state index in [-0.39, 0.29) is 47.1 Å². The number of carbonyl (C=O) groups is 1. The van der Waals surface area contributed by atoms with Gasteiger partial charge in [0.05, 0.1) is 30.9 Å². The summed E-state index contributed by atoms with van der Waals surface area (Å²) < 4.78 is 37.0. The van der Waals surface area contributed by atoms with Crippen LogP contribution in [0.4, 0.5) is 14.5 Å². The van der Waals surface area contributed by atoms with Crippen molar-refractivity contribution in [2.45, 2.75) is 45.2 Å². The van der Waals surface area contributed by atoms with Gasteiger partial charge in [-0.3, -0.25) is 9.48 Å². The fraction of sp³-hybridized carbons (Fsp3) is 0.440. The number of carbonyl (C=O) groups excluding carboxylic acids is 1. The summed E-state index contributed by atoms with van der Waals surface area (Å²) >= 11 is 0. The number of aromatic nitrogens is 4. The average Bonchev–Trinajstić information content (AvgIpc) is 3.36. The molecule has 0 unspecified atom stereocenters. The first-order chi connectivity index (χ1) is 16.9. The third-order valence-electron chi connectivity index (χ3n) is 6.50. The zero-order valence-electron chi connectivity index (χ0n) is 19.8. The summed E-state index contributed by atoms with van der Waals surface area (Å²) in [6, 6.07) is 4.95. The van der Waals surface area contributed by atoms with Crippen molar-refractivity contribution in [3.8, 4) is 17.0 Å². The van der Waals surface area contributed by atoms with Gasteiger partial charge in [-0.05, 0) is 58.0 Å². The highest BCUT2D eigenvalue weighted by atomic mass is 19.1. The summed E-state index contributed by atoms with van der Waals surface area (Å²) in [5, 5.41) is 7.76. The van der Waals surface area contributed by atoms with Gasteiger partial charge in [-0.25, -0.2) is 18.7 Å². The van der Waals surface area contributed by atoms with Gasteiger partial charge < -0.3 is 15.0 Å². The summed E-state index contributed by atoms with van der Waals surface area (Å²) in [5.74, 6) is -1.22. The number of piperidine rings is 1. The quantitative estimate of drug-likeness (QED) is 0.538. The molecule has 1 aromatic carbocycles. The lowest BCUT2D eigenvalue weighted by Crippen LogP contribution is -2.38. The molecule has 0 aliphatic carbocycles. The minimum absolute atomic E-state index is 0.0565. The van der Waals surface area contributed by atoms with Crippen LogP contribution in [-0.4, -0.2) is 57.8 Å². The lowest BCUT2D eigenvalue weighted by atomic mass is 10.1. The maximum Gasteiger partial charge on any atom is 0.190 e. The van der Waals surface area contributed by atoms with Gasteiger partial charge in [0.1, 0.15) is 23.8 Å². The van der Waals surface area contributed by atoms with Crippen molar-refractivity contribution in [2.75, 3.05) is 31.1 Å². The maximum atomic E-state index is 14.9. The monoisotopic (exact) mass is 482 g/mol. The minimum atomic E-state index is -0.691. The number of hydrogen-bond acceptors (Lipinski definition) is 7. The number of ketones is 1. The fourth-order valence-electron chi connectivity index (χ4n) is 4.66. The highest BCUT2D eigenvalue weighted by Gasteiger charge is 2.26. The Morgan fingerprint density at radius 1 is 1.23 bits per heavy atom. The van der Waals surface area contributed by atoms with Crippen LogP contribution in [0.15, 0.2) is 30.6 Å². The van der Waals surface area contributed by atoms with E-state index in [1.807, 2.05) is 29.6 Å². The molecule has 10 heteroatoms. The molecule has 35 heavy (non-hydrogen) atoms. The highest BCUT2D eigenvalue weighted by molar-refractivity contribution is 5.95. The van der Waals surface area contributed by atoms with Crippen molar-refractivity contribution >= 4 is 11.5 Å². The number of benzene rings is 1. The van der Waals surface area contributed by atoms with E-state index in [2.05, 4.69) is 20.4 Å². The predicted molar refractivity (Wildman–Crippen MR) is 127 cm³/mol. The normalized spacial score (nSPS) is 16.3. The average molecular weight is 483 g/mol. The Kier molecular flexibility index (Phi) is 6.46. The Balaban J connectivity index is 1.40. The fourth-order valence-corrected chi connectivity index (χ4v) is 4.66. The lowest BCUT2D eigenvalue weighted by Gasteiger charge is -2.34. The number of fused-ring (bicyclic) bond motifs is 1. The molecule has 184 valence electrons. The Hall–Kier alpha value is -3.40. The molecule has 3 aromatic rings. The molecule has 2 aliphatic rings. The molecular formula is C25H28F2N6O2. The zero-order chi connectivity index (χ0) is 24.5. The van der Waals surface area contributed by atoms with Crippen molar-refractivity contribution in [3.05, 3.63) is 53.7 Å². The molecule has 0 amide bonds. The van der Waals surface area contributed by atoms with Crippen LogP contribution in [0.1, 0.15) is 49.0 Å². The van der Waals surface area contributed by atoms with Crippen LogP contribution in [0.25, 0.3) is 11.3 Å². The molecule has 0 radical (unpaired) electrons. The molecule has 1 saturated heterocycles. The number of nitrogens with zero attached hydrogens (tertiary/aromatic N) is 5. The molecule has 8 nitrogen and oxygen atoms in total. The predicted octanol–water partition coefficient (Wildman–Crippen LogP) is 3.58. The van der Waals surface area contributed by atoms with Crippen LogP contribution in [0.3, 0.4) is 0 Å². The third kappa shape index (κ3) is 4.75. The zero-order valence-corrected chi connectivity index (χ0v) is 19.8. The van der Waals surface area contributed by atoms with Crippen LogP contribution in [-0.2, 0) is 6.42 Å². The smallest absolute Gasteiger partial charge is 0.190 e. The van der Waals surface area contributed by atoms with Crippen LogP contribution in [0.2, 0.25) is 0 Å². The molecule has 4 heterocycles. The van der Waals surface area contributed by atoms with Gasteiger partial charge in [-0.15, -0.1) is 0 Å². The van der Waals surface area contributed by atoms with E-state index >= 15 is 0 Å². The summed E-state index contributed by atoms with van der Waals surface area (Å²) in [5.41, 5.74) is 1.09. The van der Waals surface area contributed by atoms with Crippen LogP contribution in [0.5, 0.6) is 5.75 Å². The van der Waals surface area contributed by atoms with Gasteiger partial charge in [-0.2, -0.15) is 5.10 Å². The van der Waals surface area contributed by atoms with Gasteiger partial charge >= 0.3 is 0 Å². The number of nitrogens with one attached hydrogen (secondary N) is 1. The topological polar surface area (TPSA) is 85.2 Å². The van der Waals surface area contributed by atoms with E-state index in [1.165, 1.54) is 6.07 Å². The number of rotatable bonds is 6. The minimum Gasteiger partial charge on any atom is -0.486 e. The first kappa shape index (κ1) is 23.3. The van der Waals surface area contributed by atoms with E-state index in [0.29, 0.717) is 24.5 Å². The van der Waals surface area contributed by atoms with Crippen molar-refractivity contribution in [3.63, 3.8) is 0 Å². The lowest BCUT2D eigenvalue weighted by molar-refractivity contribution is 0.0984. The SMILES string of the molecule is CC(C)N1CCOc2c(F)cc(-c3nc(CC(=O)c4ccn(C5CCNCC5)n4)ncc3F)cc21. The molecule has 0 spiro atoms. The number of Topliss-reactive ketones (excluding diaryl/α,β-unsaturated/α-hetero) is 1. The van der Waals surface area contributed by atoms with Gasteiger partial charge in [-0.1, -0.05) is 0 Å². The largest absolute Gasteiger partial charge is 0.486 e. The number of anilines is 1. The molecule has 1 fully saturated rings. The van der Waals surface area contributed by atoms with Gasteiger partial charge in [0, 0.05) is 17.8 Å². The van der Waals surface area contributed by atoms with Crippen LogP contribution in [0, 0.1) is 11.6 Å². The second-order valence-corrected chi connectivity index (χ2v) is 9.19. The molecule has 2 aliphatic heterocycles. The van der Waals surface area contributed by atoms with E-state index in [4.69, 9.17) is 4.74 Å². The summed E-state index contributed by atoms with van der Waals surface area (Å²) in [7, 11) is 0. The number of ether oxygens (including phenoxy) is 1. The molecule has 0 atom stereocenters. The second kappa shape index (κ2) is 9.69. The van der Waals surface area contributed by atoms with Crippen LogP contribution >= 0.6 is 0 Å². The maximum absolute atomic E-state index is 14.9. The van der Waals surface area contributed by atoms with Gasteiger partial charge in [0.2, 0.25) is 0 Å². The van der Waals surface area contributed by atoms with E-state index < -0.39 is 11.6 Å². The molecule has 0 bridgehead atoms. The Morgan fingerprint density at radius 2 is 2.03 bits per heavy atom. The summed E-state index contributed by atoms with van der Waals surface area (Å²) in [6.07, 6.45) is 4.61. The third-order valence-corrected chi connectivity index (χ3v) is 6.50. The van der Waals surface area contributed by atoms with Crippen molar-refractivity contribution in [2.24, 2.45) is 0 Å². The van der Waals surface area contributed by atoms with Gasteiger partial charge in [0.25, 0.3) is 0 Å². The standard InChI is InChI=1S/C25H28F2N6O2/c1-15(2)32-9-10-35-25-18(26)11-16(12-21(25)32)24-19(27)14-29-23(30-24)13-22(34)20-5-8-33(31-20)17-3-6-28-7-4-17/h5,8,11-12,14-15,17,28H,3-4,6-7,9-10,13H2,1-2H3. The number of halogens is 2. The van der Waals surface area contributed by atoms with Crippen LogP contribution < -0.4 is 15.0 Å². The highest BCUT2D eigenvalue weighted by Crippen LogP contribution is 2.39. The van der Waals surface area contributed by atoms with E-state index in [0.717, 1.165) is 32.1 Å². The molecule has 1 N–H and O–H groups in total. The summed E-state index contributed by atoms with van der Waals surface area (Å²) in [4.78, 5) is 23.2. The summed E-state index contributed by atoms with van der Waals surface area (Å²) in [6.45, 7) is 6.82. The Bertz CT molecular complexity index is 1240. The van der Waals surface area contributed by atoms with Gasteiger partial charge in [0.15, 0.2) is 23.2 Å². The van der Waals surface area contributed by atoms with E-state index in [9.17, 15) is 13.6 Å². The van der Waals surface area contributed by atoms with Crippen molar-refractivity contribution in [1.82, 2.24) is 25.1 Å². The Morgan fingerprint density at radius 3 is 2.80 bits per heavy atom.